The van der Waals surface area contributed by atoms with E-state index in [1.165, 1.54) is 13.8 Å². The zero-order valence-corrected chi connectivity index (χ0v) is 18.2. The average Bonchev–Trinajstić information content (AvgIpc) is 2.48. The van der Waals surface area contributed by atoms with Gasteiger partial charge in [-0.2, -0.15) is 0 Å². The summed E-state index contributed by atoms with van der Waals surface area (Å²) >= 11 is 0. The second-order valence-electron chi connectivity index (χ2n) is 7.30. The lowest BCUT2D eigenvalue weighted by Crippen LogP contribution is -2.64. The second-order valence-corrected chi connectivity index (χ2v) is 11.8. The Labute approximate surface area is 164 Å². The molecule has 1 heterocycles. The summed E-state index contributed by atoms with van der Waals surface area (Å²) in [6.07, 6.45) is -5.58. The zero-order valence-electron chi connectivity index (χ0n) is 17.2. The summed E-state index contributed by atoms with van der Waals surface area (Å²) in [5.41, 5.74) is 0. The predicted octanol–water partition coefficient (Wildman–Crippen LogP) is 0.921. The van der Waals surface area contributed by atoms with Crippen molar-refractivity contribution in [3.63, 3.8) is 0 Å². The molecule has 11 heteroatoms. The van der Waals surface area contributed by atoms with E-state index in [9.17, 15) is 19.2 Å². The van der Waals surface area contributed by atoms with Crippen LogP contribution in [0.1, 0.15) is 27.7 Å². The third-order valence-corrected chi connectivity index (χ3v) is 4.40. The fraction of sp³-hybridized carbons (Fsp3) is 0.765. The zero-order chi connectivity index (χ0) is 21.6. The summed E-state index contributed by atoms with van der Waals surface area (Å²) in [6.45, 7) is 10.2. The van der Waals surface area contributed by atoms with Gasteiger partial charge in [-0.25, -0.2) is 0 Å². The van der Waals surface area contributed by atoms with Crippen molar-refractivity contribution in [3.05, 3.63) is 0 Å². The van der Waals surface area contributed by atoms with Gasteiger partial charge in [-0.05, 0) is 19.6 Å². The Bertz CT molecular complexity index is 599. The van der Waals surface area contributed by atoms with E-state index in [4.69, 9.17) is 28.1 Å². The summed E-state index contributed by atoms with van der Waals surface area (Å²) in [4.78, 5) is 46.1. The minimum atomic E-state index is -2.22. The molecule has 0 radical (unpaired) electrons. The first-order chi connectivity index (χ1) is 12.8. The van der Waals surface area contributed by atoms with Gasteiger partial charge in [-0.3, -0.25) is 19.2 Å². The smallest absolute Gasteiger partial charge is 0.305 e. The highest BCUT2D eigenvalue weighted by molar-refractivity contribution is 6.69. The Morgan fingerprint density at radius 1 is 0.750 bits per heavy atom. The Kier molecular flexibility index (Phi) is 8.58. The van der Waals surface area contributed by atoms with Crippen LogP contribution in [0.3, 0.4) is 0 Å². The monoisotopic (exact) mass is 420 g/mol. The molecule has 0 amide bonds. The van der Waals surface area contributed by atoms with Crippen molar-refractivity contribution in [2.75, 3.05) is 6.61 Å². The molecule has 0 aliphatic carbocycles. The Hall–Kier alpha value is -1.98. The molecule has 28 heavy (non-hydrogen) atoms. The number of hydrogen-bond acceptors (Lipinski definition) is 10. The molecular weight excluding hydrogens is 392 g/mol. The number of ether oxygens (including phenoxy) is 5. The van der Waals surface area contributed by atoms with E-state index in [0.717, 1.165) is 13.8 Å². The molecule has 0 aromatic rings. The van der Waals surface area contributed by atoms with Crippen LogP contribution in [0.15, 0.2) is 0 Å². The predicted molar refractivity (Wildman–Crippen MR) is 96.4 cm³/mol. The SMILES string of the molecule is CC(=O)OC[C@H]1OC(OC(C)=O)[C@H](OC(C)=O)[C@@H](OC(C)=O)[C@H]1O[Si](C)(C)C. The normalized spacial score (nSPS) is 27.5. The maximum atomic E-state index is 11.7. The molecule has 1 unspecified atom stereocenters. The first kappa shape index (κ1) is 24.1. The van der Waals surface area contributed by atoms with Crippen molar-refractivity contribution >= 4 is 32.2 Å². The van der Waals surface area contributed by atoms with Crippen LogP contribution in [0.2, 0.25) is 19.6 Å². The van der Waals surface area contributed by atoms with Crippen LogP contribution < -0.4 is 0 Å². The maximum Gasteiger partial charge on any atom is 0.305 e. The van der Waals surface area contributed by atoms with E-state index in [-0.39, 0.29) is 6.61 Å². The van der Waals surface area contributed by atoms with Crippen LogP contribution in [0.4, 0.5) is 0 Å². The standard InChI is InChI=1S/C17H28O10Si/c1-9(18)22-8-13-14(27-28(5,6)7)15(23-10(2)19)16(24-11(3)20)17(26-13)25-12(4)21/h13-17H,8H2,1-7H3/t13-,14+,15+,16-,17?/m1/s1. The highest BCUT2D eigenvalue weighted by Gasteiger charge is 2.53. The van der Waals surface area contributed by atoms with E-state index in [0.29, 0.717) is 0 Å². The van der Waals surface area contributed by atoms with Gasteiger partial charge in [0.1, 0.15) is 18.8 Å². The van der Waals surface area contributed by atoms with E-state index in [2.05, 4.69) is 0 Å². The molecule has 0 bridgehead atoms. The number of carbonyl (C=O) groups is 4. The summed E-state index contributed by atoms with van der Waals surface area (Å²) in [5.74, 6) is -2.58. The lowest BCUT2D eigenvalue weighted by molar-refractivity contribution is -0.295. The van der Waals surface area contributed by atoms with Crippen molar-refractivity contribution in [2.24, 2.45) is 0 Å². The first-order valence-corrected chi connectivity index (χ1v) is 12.2. The molecule has 0 N–H and O–H groups in total. The van der Waals surface area contributed by atoms with Crippen LogP contribution in [-0.4, -0.2) is 69.5 Å². The van der Waals surface area contributed by atoms with Crippen LogP contribution in [-0.2, 0) is 47.3 Å². The Morgan fingerprint density at radius 2 is 1.25 bits per heavy atom. The van der Waals surface area contributed by atoms with E-state index in [1.54, 1.807) is 0 Å². The lowest BCUT2D eigenvalue weighted by atomic mass is 9.98. The van der Waals surface area contributed by atoms with Gasteiger partial charge in [-0.1, -0.05) is 0 Å². The van der Waals surface area contributed by atoms with Gasteiger partial charge in [-0.15, -0.1) is 0 Å². The van der Waals surface area contributed by atoms with Crippen LogP contribution in [0.25, 0.3) is 0 Å². The van der Waals surface area contributed by atoms with Gasteiger partial charge in [0.05, 0.1) is 0 Å². The van der Waals surface area contributed by atoms with Crippen molar-refractivity contribution < 1.29 is 47.3 Å². The third-order valence-electron chi connectivity index (χ3n) is 3.42. The second kappa shape index (κ2) is 9.98. The molecule has 1 rings (SSSR count). The van der Waals surface area contributed by atoms with Crippen molar-refractivity contribution in [1.82, 2.24) is 0 Å². The molecule has 0 aromatic heterocycles. The fourth-order valence-corrected chi connectivity index (χ4v) is 3.77. The van der Waals surface area contributed by atoms with E-state index >= 15 is 0 Å². The van der Waals surface area contributed by atoms with Gasteiger partial charge in [0, 0.05) is 27.7 Å². The molecule has 1 aliphatic heterocycles. The van der Waals surface area contributed by atoms with Crippen molar-refractivity contribution in [3.8, 4) is 0 Å². The summed E-state index contributed by atoms with van der Waals surface area (Å²) in [5, 5.41) is 0. The highest BCUT2D eigenvalue weighted by Crippen LogP contribution is 2.31. The molecule has 5 atom stereocenters. The number of carbonyl (C=O) groups excluding carboxylic acids is 4. The maximum absolute atomic E-state index is 11.7. The average molecular weight is 420 g/mol. The minimum absolute atomic E-state index is 0.229. The molecular formula is C17H28O10Si. The lowest BCUT2D eigenvalue weighted by Gasteiger charge is -2.45. The van der Waals surface area contributed by atoms with E-state index in [1.807, 2.05) is 19.6 Å². The third kappa shape index (κ3) is 7.95. The summed E-state index contributed by atoms with van der Waals surface area (Å²) in [6, 6.07) is 0. The van der Waals surface area contributed by atoms with Crippen molar-refractivity contribution in [2.45, 2.75) is 78.0 Å². The van der Waals surface area contributed by atoms with Gasteiger partial charge in [0.2, 0.25) is 12.4 Å². The number of esters is 4. The summed E-state index contributed by atoms with van der Waals surface area (Å²) in [7, 11) is -2.22. The highest BCUT2D eigenvalue weighted by atomic mass is 28.4. The van der Waals surface area contributed by atoms with Crippen LogP contribution in [0, 0.1) is 0 Å². The van der Waals surface area contributed by atoms with E-state index < -0.39 is 62.9 Å². The van der Waals surface area contributed by atoms with Crippen LogP contribution >= 0.6 is 0 Å². The molecule has 1 saturated heterocycles. The molecule has 0 saturated carbocycles. The molecule has 160 valence electrons. The van der Waals surface area contributed by atoms with Gasteiger partial charge < -0.3 is 28.1 Å². The van der Waals surface area contributed by atoms with Crippen LogP contribution in [0.5, 0.6) is 0 Å². The minimum Gasteiger partial charge on any atom is -0.463 e. The first-order valence-electron chi connectivity index (χ1n) is 8.78. The topological polar surface area (TPSA) is 124 Å². The molecule has 1 aliphatic rings. The molecule has 0 aromatic carbocycles. The Morgan fingerprint density at radius 3 is 1.68 bits per heavy atom. The van der Waals surface area contributed by atoms with Gasteiger partial charge in [0.15, 0.2) is 14.4 Å². The molecule has 0 spiro atoms. The number of rotatable bonds is 7. The largest absolute Gasteiger partial charge is 0.463 e. The molecule has 10 nitrogen and oxygen atoms in total. The van der Waals surface area contributed by atoms with Crippen molar-refractivity contribution in [1.29, 1.82) is 0 Å². The number of hydrogen-bond donors (Lipinski definition) is 0. The molecule has 1 fully saturated rings. The quantitative estimate of drug-likeness (QED) is 0.333. The Balaban J connectivity index is 3.34. The van der Waals surface area contributed by atoms with Gasteiger partial charge in [0.25, 0.3) is 0 Å². The summed E-state index contributed by atoms with van der Waals surface area (Å²) < 4.78 is 32.6. The van der Waals surface area contributed by atoms with Gasteiger partial charge >= 0.3 is 23.9 Å². The fourth-order valence-electron chi connectivity index (χ4n) is 2.66.